The number of nitrogen functional groups attached to an aromatic ring is 1. The largest absolute Gasteiger partial charge is 0.494 e. The average molecular weight is 342 g/mol. The molecule has 100 valence electrons. The molecule has 2 rings (SSSR count). The zero-order valence-electron chi connectivity index (χ0n) is 10.4. The fraction of sp³-hybridized carbons (Fsp3) is 0.143. The molecule has 2 aromatic rings. The minimum Gasteiger partial charge on any atom is -0.494 e. The molecule has 0 aliphatic heterocycles. The number of anilines is 3. The third kappa shape index (κ3) is 3.78. The van der Waals surface area contributed by atoms with Crippen LogP contribution >= 0.6 is 27.5 Å². The fourth-order valence-electron chi connectivity index (χ4n) is 1.69. The third-order valence-electron chi connectivity index (χ3n) is 2.45. The molecule has 0 amide bonds. The van der Waals surface area contributed by atoms with E-state index in [1.807, 2.05) is 37.3 Å². The van der Waals surface area contributed by atoms with E-state index in [1.165, 1.54) is 0 Å². The highest BCUT2D eigenvalue weighted by Crippen LogP contribution is 2.31. The summed E-state index contributed by atoms with van der Waals surface area (Å²) >= 11 is 9.46. The van der Waals surface area contributed by atoms with Gasteiger partial charge in [-0.25, -0.2) is 0 Å². The summed E-state index contributed by atoms with van der Waals surface area (Å²) in [5.41, 5.74) is 8.23. The van der Waals surface area contributed by atoms with Crippen LogP contribution in [0, 0.1) is 0 Å². The van der Waals surface area contributed by atoms with Gasteiger partial charge in [0, 0.05) is 33.0 Å². The zero-order chi connectivity index (χ0) is 13.8. The molecule has 19 heavy (non-hydrogen) atoms. The molecule has 0 fully saturated rings. The molecule has 0 heterocycles. The normalized spacial score (nSPS) is 10.3. The third-order valence-corrected chi connectivity index (χ3v) is 3.37. The Balaban J connectivity index is 2.29. The molecule has 0 unspecified atom stereocenters. The lowest BCUT2D eigenvalue weighted by atomic mass is 10.2. The Morgan fingerprint density at radius 2 is 2.05 bits per heavy atom. The van der Waals surface area contributed by atoms with E-state index >= 15 is 0 Å². The second kappa shape index (κ2) is 6.17. The number of nitrogens with one attached hydrogen (secondary N) is 1. The first-order chi connectivity index (χ1) is 9.08. The molecule has 0 saturated carbocycles. The summed E-state index contributed by atoms with van der Waals surface area (Å²) < 4.78 is 6.39. The molecular weight excluding hydrogens is 328 g/mol. The van der Waals surface area contributed by atoms with Crippen LogP contribution in [-0.4, -0.2) is 6.61 Å². The molecule has 0 aromatic heterocycles. The van der Waals surface area contributed by atoms with Crippen LogP contribution in [-0.2, 0) is 0 Å². The first-order valence-corrected chi connectivity index (χ1v) is 7.01. The van der Waals surface area contributed by atoms with Crippen molar-refractivity contribution < 1.29 is 4.74 Å². The number of halogens is 2. The van der Waals surface area contributed by atoms with E-state index < -0.39 is 0 Å². The van der Waals surface area contributed by atoms with Crippen molar-refractivity contribution in [1.29, 1.82) is 0 Å². The monoisotopic (exact) mass is 340 g/mol. The maximum atomic E-state index is 5.99. The van der Waals surface area contributed by atoms with Gasteiger partial charge in [-0.2, -0.15) is 0 Å². The molecule has 0 saturated heterocycles. The minimum absolute atomic E-state index is 0.601. The first kappa shape index (κ1) is 14.0. The number of rotatable bonds is 4. The maximum absolute atomic E-state index is 5.99. The van der Waals surface area contributed by atoms with Crippen molar-refractivity contribution in [2.24, 2.45) is 0 Å². The summed E-state index contributed by atoms with van der Waals surface area (Å²) in [7, 11) is 0. The number of benzene rings is 2. The van der Waals surface area contributed by atoms with E-state index in [-0.39, 0.29) is 0 Å². The van der Waals surface area contributed by atoms with Crippen LogP contribution in [0.15, 0.2) is 40.9 Å². The van der Waals surface area contributed by atoms with Crippen LogP contribution in [0.2, 0.25) is 5.02 Å². The lowest BCUT2D eigenvalue weighted by Crippen LogP contribution is -1.97. The first-order valence-electron chi connectivity index (χ1n) is 5.84. The van der Waals surface area contributed by atoms with E-state index in [0.29, 0.717) is 17.3 Å². The fourth-order valence-corrected chi connectivity index (χ4v) is 2.21. The smallest absolute Gasteiger partial charge is 0.123 e. The summed E-state index contributed by atoms with van der Waals surface area (Å²) in [6, 6.07) is 11.1. The minimum atomic E-state index is 0.601. The van der Waals surface area contributed by atoms with Crippen LogP contribution < -0.4 is 15.8 Å². The topological polar surface area (TPSA) is 47.3 Å². The van der Waals surface area contributed by atoms with E-state index in [0.717, 1.165) is 21.6 Å². The predicted octanol–water partition coefficient (Wildman–Crippen LogP) is 4.83. The summed E-state index contributed by atoms with van der Waals surface area (Å²) in [6.45, 7) is 2.54. The van der Waals surface area contributed by atoms with Crippen LogP contribution in [0.25, 0.3) is 0 Å². The number of hydrogen-bond donors (Lipinski definition) is 2. The second-order valence-electron chi connectivity index (χ2n) is 3.97. The quantitative estimate of drug-likeness (QED) is 0.783. The van der Waals surface area contributed by atoms with Gasteiger partial charge in [0.15, 0.2) is 0 Å². The van der Waals surface area contributed by atoms with Gasteiger partial charge in [-0.05, 0) is 47.1 Å². The van der Waals surface area contributed by atoms with Gasteiger partial charge in [-0.15, -0.1) is 0 Å². The van der Waals surface area contributed by atoms with Crippen molar-refractivity contribution in [2.75, 3.05) is 17.7 Å². The predicted molar refractivity (Wildman–Crippen MR) is 84.5 cm³/mol. The van der Waals surface area contributed by atoms with Gasteiger partial charge in [0.1, 0.15) is 5.75 Å². The van der Waals surface area contributed by atoms with Gasteiger partial charge in [0.05, 0.1) is 12.3 Å². The number of hydrogen-bond acceptors (Lipinski definition) is 3. The average Bonchev–Trinajstić information content (AvgIpc) is 2.33. The molecule has 5 heteroatoms. The summed E-state index contributed by atoms with van der Waals surface area (Å²) in [4.78, 5) is 0. The van der Waals surface area contributed by atoms with Crippen molar-refractivity contribution in [3.63, 3.8) is 0 Å². The molecule has 0 radical (unpaired) electrons. The van der Waals surface area contributed by atoms with Gasteiger partial charge in [0.25, 0.3) is 0 Å². The van der Waals surface area contributed by atoms with Gasteiger partial charge in [0.2, 0.25) is 0 Å². The highest BCUT2D eigenvalue weighted by Gasteiger charge is 2.04. The number of ether oxygens (including phenoxy) is 1. The van der Waals surface area contributed by atoms with Gasteiger partial charge >= 0.3 is 0 Å². The van der Waals surface area contributed by atoms with E-state index in [1.54, 1.807) is 6.07 Å². The lowest BCUT2D eigenvalue weighted by molar-refractivity contribution is 0.340. The van der Waals surface area contributed by atoms with Gasteiger partial charge in [-0.1, -0.05) is 11.6 Å². The molecule has 3 nitrogen and oxygen atoms in total. The Hall–Kier alpha value is -1.39. The molecule has 0 bridgehead atoms. The van der Waals surface area contributed by atoms with Crippen molar-refractivity contribution in [3.05, 3.63) is 45.9 Å². The van der Waals surface area contributed by atoms with Crippen molar-refractivity contribution in [1.82, 2.24) is 0 Å². The van der Waals surface area contributed by atoms with Gasteiger partial charge < -0.3 is 15.8 Å². The summed E-state index contributed by atoms with van der Waals surface area (Å²) in [6.07, 6.45) is 0. The van der Waals surface area contributed by atoms with E-state index in [4.69, 9.17) is 22.1 Å². The standard InChI is InChI=1S/C14H14BrClN2O/c1-2-19-12-7-10(17)6-11(8-12)18-14-5-9(16)3-4-13(14)15/h3-8,18H,2,17H2,1H3. The van der Waals surface area contributed by atoms with Crippen LogP contribution in [0.5, 0.6) is 5.75 Å². The van der Waals surface area contributed by atoms with Gasteiger partial charge in [-0.3, -0.25) is 0 Å². The molecule has 0 atom stereocenters. The Bertz CT molecular complexity index is 590. The lowest BCUT2D eigenvalue weighted by Gasteiger charge is -2.12. The molecule has 0 aliphatic rings. The molecule has 3 N–H and O–H groups in total. The molecule has 0 aliphatic carbocycles. The molecule has 0 spiro atoms. The summed E-state index contributed by atoms with van der Waals surface area (Å²) in [5, 5.41) is 3.93. The maximum Gasteiger partial charge on any atom is 0.123 e. The van der Waals surface area contributed by atoms with Crippen molar-refractivity contribution >= 4 is 44.6 Å². The SMILES string of the molecule is CCOc1cc(N)cc(Nc2cc(Cl)ccc2Br)c1. The Morgan fingerprint density at radius 3 is 2.79 bits per heavy atom. The van der Waals surface area contributed by atoms with Crippen LogP contribution in [0.3, 0.4) is 0 Å². The Kier molecular flexibility index (Phi) is 4.56. The highest BCUT2D eigenvalue weighted by molar-refractivity contribution is 9.10. The van der Waals surface area contributed by atoms with Crippen LogP contribution in [0.1, 0.15) is 6.92 Å². The van der Waals surface area contributed by atoms with Crippen molar-refractivity contribution in [2.45, 2.75) is 6.92 Å². The molecule has 2 aromatic carbocycles. The second-order valence-corrected chi connectivity index (χ2v) is 5.26. The molecular formula is C14H14BrClN2O. The highest BCUT2D eigenvalue weighted by atomic mass is 79.9. The van der Waals surface area contributed by atoms with E-state index in [9.17, 15) is 0 Å². The van der Waals surface area contributed by atoms with E-state index in [2.05, 4.69) is 21.2 Å². The Morgan fingerprint density at radius 1 is 1.26 bits per heavy atom. The Labute approximate surface area is 125 Å². The number of nitrogens with two attached hydrogens (primary N) is 1. The zero-order valence-corrected chi connectivity index (χ0v) is 12.8. The van der Waals surface area contributed by atoms with Crippen molar-refractivity contribution in [3.8, 4) is 5.75 Å². The summed E-state index contributed by atoms with van der Waals surface area (Å²) in [5.74, 6) is 0.739. The van der Waals surface area contributed by atoms with Crippen LogP contribution in [0.4, 0.5) is 17.1 Å².